The predicted molar refractivity (Wildman–Crippen MR) is 65.5 cm³/mol. The standard InChI is InChI=1S/C13H24O4/c1-6-8-11(14)17-13(3,4)10(7-2)9-12(15)16-5/h10H,6-9H2,1-5H3. The smallest absolute Gasteiger partial charge is 0.306 e. The fourth-order valence-corrected chi connectivity index (χ4v) is 1.80. The van der Waals surface area contributed by atoms with Gasteiger partial charge in [0.15, 0.2) is 0 Å². The van der Waals surface area contributed by atoms with E-state index in [1.54, 1.807) is 0 Å². The Bertz CT molecular complexity index is 258. The van der Waals surface area contributed by atoms with Crippen LogP contribution in [0.25, 0.3) is 0 Å². The summed E-state index contributed by atoms with van der Waals surface area (Å²) >= 11 is 0. The molecule has 0 aromatic rings. The quantitative estimate of drug-likeness (QED) is 0.646. The van der Waals surface area contributed by atoms with Crippen molar-refractivity contribution in [1.82, 2.24) is 0 Å². The molecule has 1 unspecified atom stereocenters. The summed E-state index contributed by atoms with van der Waals surface area (Å²) in [7, 11) is 1.37. The highest BCUT2D eigenvalue weighted by Gasteiger charge is 2.33. The lowest BCUT2D eigenvalue weighted by atomic mass is 9.85. The minimum Gasteiger partial charge on any atom is -0.469 e. The first-order valence-corrected chi connectivity index (χ1v) is 6.16. The van der Waals surface area contributed by atoms with Crippen LogP contribution in [0.15, 0.2) is 0 Å². The third kappa shape index (κ3) is 5.71. The van der Waals surface area contributed by atoms with Crippen LogP contribution in [0, 0.1) is 5.92 Å². The second-order valence-corrected chi connectivity index (χ2v) is 4.71. The molecule has 0 heterocycles. The lowest BCUT2D eigenvalue weighted by Crippen LogP contribution is -2.37. The number of esters is 2. The van der Waals surface area contributed by atoms with Gasteiger partial charge in [-0.2, -0.15) is 0 Å². The Hall–Kier alpha value is -1.06. The number of hydrogen-bond acceptors (Lipinski definition) is 4. The van der Waals surface area contributed by atoms with Crippen molar-refractivity contribution in [3.8, 4) is 0 Å². The third-order valence-electron chi connectivity index (χ3n) is 2.95. The summed E-state index contributed by atoms with van der Waals surface area (Å²) in [6, 6.07) is 0. The van der Waals surface area contributed by atoms with Gasteiger partial charge >= 0.3 is 11.9 Å². The van der Waals surface area contributed by atoms with E-state index < -0.39 is 5.60 Å². The van der Waals surface area contributed by atoms with Crippen molar-refractivity contribution >= 4 is 11.9 Å². The van der Waals surface area contributed by atoms with Gasteiger partial charge in [-0.3, -0.25) is 9.59 Å². The molecular formula is C13H24O4. The Morgan fingerprint density at radius 2 is 1.76 bits per heavy atom. The molecule has 0 spiro atoms. The van der Waals surface area contributed by atoms with E-state index in [-0.39, 0.29) is 24.3 Å². The highest BCUT2D eigenvalue weighted by Crippen LogP contribution is 2.28. The van der Waals surface area contributed by atoms with Gasteiger partial charge in [-0.1, -0.05) is 13.8 Å². The summed E-state index contributed by atoms with van der Waals surface area (Å²) in [6.07, 6.45) is 2.22. The lowest BCUT2D eigenvalue weighted by Gasteiger charge is -2.32. The summed E-state index contributed by atoms with van der Waals surface area (Å²) in [5, 5.41) is 0. The number of carbonyl (C=O) groups is 2. The molecule has 0 aliphatic carbocycles. The first-order chi connectivity index (χ1) is 7.87. The maximum atomic E-state index is 11.5. The SMILES string of the molecule is CCCC(=O)OC(C)(C)C(CC)CC(=O)OC. The van der Waals surface area contributed by atoms with Crippen molar-refractivity contribution in [2.75, 3.05) is 7.11 Å². The molecule has 0 saturated heterocycles. The average Bonchev–Trinajstić information content (AvgIpc) is 2.24. The topological polar surface area (TPSA) is 52.6 Å². The van der Waals surface area contributed by atoms with Gasteiger partial charge in [0, 0.05) is 12.3 Å². The van der Waals surface area contributed by atoms with E-state index in [0.29, 0.717) is 6.42 Å². The zero-order valence-corrected chi connectivity index (χ0v) is 11.5. The maximum absolute atomic E-state index is 11.5. The van der Waals surface area contributed by atoms with E-state index >= 15 is 0 Å². The molecule has 1 atom stereocenters. The van der Waals surface area contributed by atoms with Crippen molar-refractivity contribution in [2.24, 2.45) is 5.92 Å². The molecule has 0 N–H and O–H groups in total. The Morgan fingerprint density at radius 3 is 2.18 bits per heavy atom. The molecule has 0 amide bonds. The molecule has 0 rings (SSSR count). The molecule has 0 saturated carbocycles. The first-order valence-electron chi connectivity index (χ1n) is 6.16. The normalized spacial score (nSPS) is 13.0. The molecule has 17 heavy (non-hydrogen) atoms. The molecule has 0 aromatic carbocycles. The van der Waals surface area contributed by atoms with Gasteiger partial charge < -0.3 is 9.47 Å². The van der Waals surface area contributed by atoms with Crippen molar-refractivity contribution in [3.05, 3.63) is 0 Å². The molecule has 4 heteroatoms. The van der Waals surface area contributed by atoms with Crippen LogP contribution in [0.1, 0.15) is 53.4 Å². The summed E-state index contributed by atoms with van der Waals surface area (Å²) in [5.41, 5.74) is -0.630. The molecule has 4 nitrogen and oxygen atoms in total. The van der Waals surface area contributed by atoms with Gasteiger partial charge in [0.05, 0.1) is 13.5 Å². The summed E-state index contributed by atoms with van der Waals surface area (Å²) < 4.78 is 10.1. The number of ether oxygens (including phenoxy) is 2. The second-order valence-electron chi connectivity index (χ2n) is 4.71. The Balaban J connectivity index is 4.51. The Morgan fingerprint density at radius 1 is 1.18 bits per heavy atom. The van der Waals surface area contributed by atoms with Crippen molar-refractivity contribution in [1.29, 1.82) is 0 Å². The minimum absolute atomic E-state index is 0.0178. The van der Waals surface area contributed by atoms with Gasteiger partial charge in [-0.25, -0.2) is 0 Å². The van der Waals surface area contributed by atoms with Gasteiger partial charge in [-0.15, -0.1) is 0 Å². The number of rotatable bonds is 7. The van der Waals surface area contributed by atoms with Gasteiger partial charge in [-0.05, 0) is 26.7 Å². The Labute approximate surface area is 104 Å². The summed E-state index contributed by atoms with van der Waals surface area (Å²) in [4.78, 5) is 22.8. The third-order valence-corrected chi connectivity index (χ3v) is 2.95. The van der Waals surface area contributed by atoms with Crippen molar-refractivity contribution in [2.45, 2.75) is 59.0 Å². The summed E-state index contributed by atoms with van der Waals surface area (Å²) in [5.74, 6) is -0.493. The van der Waals surface area contributed by atoms with Crippen LogP contribution < -0.4 is 0 Å². The molecule has 0 bridgehead atoms. The second kappa shape index (κ2) is 7.30. The van der Waals surface area contributed by atoms with Crippen LogP contribution in [0.4, 0.5) is 0 Å². The van der Waals surface area contributed by atoms with E-state index in [2.05, 4.69) is 4.74 Å². The number of hydrogen-bond donors (Lipinski definition) is 0. The van der Waals surface area contributed by atoms with Gasteiger partial charge in [0.1, 0.15) is 5.60 Å². The van der Waals surface area contributed by atoms with Crippen LogP contribution in [-0.4, -0.2) is 24.6 Å². The molecule has 0 fully saturated rings. The molecule has 0 aliphatic rings. The maximum Gasteiger partial charge on any atom is 0.306 e. The highest BCUT2D eigenvalue weighted by molar-refractivity contribution is 5.71. The van der Waals surface area contributed by atoms with E-state index in [1.165, 1.54) is 7.11 Å². The van der Waals surface area contributed by atoms with Crippen LogP contribution in [-0.2, 0) is 19.1 Å². The molecular weight excluding hydrogens is 220 g/mol. The fraction of sp³-hybridized carbons (Fsp3) is 0.846. The largest absolute Gasteiger partial charge is 0.469 e. The van der Waals surface area contributed by atoms with Gasteiger partial charge in [0.2, 0.25) is 0 Å². The van der Waals surface area contributed by atoms with Gasteiger partial charge in [0.25, 0.3) is 0 Å². The number of methoxy groups -OCH3 is 1. The minimum atomic E-state index is -0.630. The first kappa shape index (κ1) is 15.9. The van der Waals surface area contributed by atoms with Crippen LogP contribution in [0.3, 0.4) is 0 Å². The molecule has 0 aromatic heterocycles. The van der Waals surface area contributed by atoms with E-state index in [1.807, 2.05) is 27.7 Å². The summed E-state index contributed by atoms with van der Waals surface area (Å²) in [6.45, 7) is 7.60. The van der Waals surface area contributed by atoms with E-state index in [4.69, 9.17) is 4.74 Å². The van der Waals surface area contributed by atoms with Crippen molar-refractivity contribution in [3.63, 3.8) is 0 Å². The van der Waals surface area contributed by atoms with Crippen LogP contribution in [0.2, 0.25) is 0 Å². The van der Waals surface area contributed by atoms with E-state index in [0.717, 1.165) is 12.8 Å². The Kier molecular flexibility index (Phi) is 6.85. The average molecular weight is 244 g/mol. The van der Waals surface area contributed by atoms with Crippen LogP contribution in [0.5, 0.6) is 0 Å². The molecule has 0 aliphatic heterocycles. The predicted octanol–water partition coefficient (Wildman–Crippen LogP) is 2.70. The fourth-order valence-electron chi connectivity index (χ4n) is 1.80. The zero-order valence-electron chi connectivity index (χ0n) is 11.5. The van der Waals surface area contributed by atoms with Crippen molar-refractivity contribution < 1.29 is 19.1 Å². The molecule has 0 radical (unpaired) electrons. The lowest BCUT2D eigenvalue weighted by molar-refractivity contribution is -0.165. The number of carbonyl (C=O) groups excluding carboxylic acids is 2. The van der Waals surface area contributed by atoms with Crippen LogP contribution >= 0.6 is 0 Å². The monoisotopic (exact) mass is 244 g/mol. The molecule has 100 valence electrons. The zero-order chi connectivity index (χ0) is 13.5. The van der Waals surface area contributed by atoms with E-state index in [9.17, 15) is 9.59 Å². The highest BCUT2D eigenvalue weighted by atomic mass is 16.6.